The zero-order valence-corrected chi connectivity index (χ0v) is 10.8. The number of nitrogens with zero attached hydrogens (tertiary/aromatic N) is 1. The standard InChI is InChI=1S/C14H15F2NO3/c15-14(16)7-9-2-1-8-3-5-17(13(19)20)6-4-10(8)11(9)12(14)18/h1-2,12,18H,3-7H2,(H,19,20). The van der Waals surface area contributed by atoms with E-state index in [0.29, 0.717) is 36.1 Å². The molecule has 6 heteroatoms. The molecule has 108 valence electrons. The fourth-order valence-electron chi connectivity index (χ4n) is 3.15. The summed E-state index contributed by atoms with van der Waals surface area (Å²) >= 11 is 0. The quantitative estimate of drug-likeness (QED) is 0.765. The fraction of sp³-hybridized carbons (Fsp3) is 0.500. The van der Waals surface area contributed by atoms with Crippen LogP contribution in [0.15, 0.2) is 12.1 Å². The number of alkyl halides is 2. The van der Waals surface area contributed by atoms with Crippen LogP contribution in [-0.4, -0.2) is 40.2 Å². The largest absolute Gasteiger partial charge is 0.465 e. The van der Waals surface area contributed by atoms with Crippen LogP contribution in [0.2, 0.25) is 0 Å². The predicted molar refractivity (Wildman–Crippen MR) is 67.1 cm³/mol. The van der Waals surface area contributed by atoms with Crippen LogP contribution in [0.1, 0.15) is 28.4 Å². The molecule has 1 unspecified atom stereocenters. The van der Waals surface area contributed by atoms with Crippen LogP contribution < -0.4 is 0 Å². The number of rotatable bonds is 0. The van der Waals surface area contributed by atoms with Crippen molar-refractivity contribution in [2.45, 2.75) is 31.3 Å². The molecule has 1 aromatic carbocycles. The normalized spacial score (nSPS) is 23.9. The van der Waals surface area contributed by atoms with Gasteiger partial charge >= 0.3 is 6.09 Å². The number of carboxylic acid groups (broad SMARTS) is 1. The lowest BCUT2D eigenvalue weighted by atomic mass is 9.93. The Morgan fingerprint density at radius 3 is 2.60 bits per heavy atom. The first-order chi connectivity index (χ1) is 9.40. The van der Waals surface area contributed by atoms with E-state index in [-0.39, 0.29) is 6.54 Å². The lowest BCUT2D eigenvalue weighted by molar-refractivity contribution is -0.0970. The van der Waals surface area contributed by atoms with E-state index in [4.69, 9.17) is 5.11 Å². The Morgan fingerprint density at radius 2 is 1.90 bits per heavy atom. The summed E-state index contributed by atoms with van der Waals surface area (Å²) < 4.78 is 27.3. The molecule has 1 amide bonds. The highest BCUT2D eigenvalue weighted by atomic mass is 19.3. The van der Waals surface area contributed by atoms with Gasteiger partial charge in [0, 0.05) is 19.5 Å². The lowest BCUT2D eigenvalue weighted by Crippen LogP contribution is -2.31. The smallest absolute Gasteiger partial charge is 0.407 e. The third-order valence-corrected chi connectivity index (χ3v) is 4.20. The van der Waals surface area contributed by atoms with Crippen LogP contribution in [0.4, 0.5) is 13.6 Å². The zero-order valence-electron chi connectivity index (χ0n) is 10.8. The molecule has 1 aromatic rings. The Hall–Kier alpha value is -1.69. The lowest BCUT2D eigenvalue weighted by Gasteiger charge is -2.17. The van der Waals surface area contributed by atoms with Crippen LogP contribution >= 0.6 is 0 Å². The summed E-state index contributed by atoms with van der Waals surface area (Å²) in [6.07, 6.45) is -2.35. The number of hydrogen-bond acceptors (Lipinski definition) is 2. The average Bonchev–Trinajstić information content (AvgIpc) is 2.55. The van der Waals surface area contributed by atoms with Crippen molar-refractivity contribution in [1.82, 2.24) is 4.90 Å². The van der Waals surface area contributed by atoms with E-state index in [1.54, 1.807) is 12.1 Å². The number of hydrogen-bond donors (Lipinski definition) is 2. The van der Waals surface area contributed by atoms with E-state index < -0.39 is 24.5 Å². The van der Waals surface area contributed by atoms with Gasteiger partial charge in [-0.1, -0.05) is 12.1 Å². The molecule has 0 saturated heterocycles. The van der Waals surface area contributed by atoms with Crippen molar-refractivity contribution in [2.75, 3.05) is 13.1 Å². The minimum absolute atomic E-state index is 0.275. The molecule has 0 bridgehead atoms. The van der Waals surface area contributed by atoms with Crippen LogP contribution in [0.3, 0.4) is 0 Å². The molecular formula is C14H15F2NO3. The van der Waals surface area contributed by atoms with Gasteiger partial charge in [-0.2, -0.15) is 0 Å². The van der Waals surface area contributed by atoms with Gasteiger partial charge in [-0.3, -0.25) is 0 Å². The third kappa shape index (κ3) is 1.95. The molecule has 0 fully saturated rings. The number of aliphatic hydroxyl groups excluding tert-OH is 1. The topological polar surface area (TPSA) is 60.8 Å². The molecule has 4 nitrogen and oxygen atoms in total. The molecule has 0 saturated carbocycles. The summed E-state index contributed by atoms with van der Waals surface area (Å²) in [6, 6.07) is 3.42. The Bertz CT molecular complexity index is 574. The molecular weight excluding hydrogens is 268 g/mol. The van der Waals surface area contributed by atoms with Crippen molar-refractivity contribution in [3.8, 4) is 0 Å². The van der Waals surface area contributed by atoms with Crippen LogP contribution in [-0.2, 0) is 19.3 Å². The van der Waals surface area contributed by atoms with E-state index in [1.807, 2.05) is 0 Å². The first-order valence-corrected chi connectivity index (χ1v) is 6.57. The van der Waals surface area contributed by atoms with E-state index in [1.165, 1.54) is 4.90 Å². The van der Waals surface area contributed by atoms with Crippen molar-refractivity contribution in [1.29, 1.82) is 0 Å². The Morgan fingerprint density at radius 1 is 1.25 bits per heavy atom. The van der Waals surface area contributed by atoms with Crippen molar-refractivity contribution >= 4 is 6.09 Å². The van der Waals surface area contributed by atoms with E-state index in [9.17, 15) is 18.7 Å². The molecule has 2 aliphatic rings. The molecule has 0 radical (unpaired) electrons. The minimum Gasteiger partial charge on any atom is -0.465 e. The Balaban J connectivity index is 2.00. The van der Waals surface area contributed by atoms with Gasteiger partial charge in [0.15, 0.2) is 0 Å². The molecule has 1 aliphatic carbocycles. The second-order valence-corrected chi connectivity index (χ2v) is 5.39. The van der Waals surface area contributed by atoms with Crippen LogP contribution in [0.5, 0.6) is 0 Å². The Kier molecular flexibility index (Phi) is 2.93. The van der Waals surface area contributed by atoms with Gasteiger partial charge in [0.2, 0.25) is 0 Å². The van der Waals surface area contributed by atoms with E-state index in [2.05, 4.69) is 0 Å². The maximum Gasteiger partial charge on any atom is 0.407 e. The highest BCUT2D eigenvalue weighted by Crippen LogP contribution is 2.45. The van der Waals surface area contributed by atoms with Crippen molar-refractivity contribution in [3.05, 3.63) is 34.4 Å². The van der Waals surface area contributed by atoms with Gasteiger partial charge in [-0.05, 0) is 35.1 Å². The molecule has 0 aromatic heterocycles. The summed E-state index contributed by atoms with van der Waals surface area (Å²) in [5.74, 6) is -3.13. The molecule has 1 aliphatic heterocycles. The summed E-state index contributed by atoms with van der Waals surface area (Å²) in [5.41, 5.74) is 2.37. The molecule has 0 spiro atoms. The fourth-order valence-corrected chi connectivity index (χ4v) is 3.15. The van der Waals surface area contributed by atoms with Gasteiger partial charge in [-0.25, -0.2) is 13.6 Å². The molecule has 3 rings (SSSR count). The van der Waals surface area contributed by atoms with Crippen molar-refractivity contribution in [3.63, 3.8) is 0 Å². The van der Waals surface area contributed by atoms with Gasteiger partial charge in [-0.15, -0.1) is 0 Å². The molecule has 1 heterocycles. The average molecular weight is 283 g/mol. The second-order valence-electron chi connectivity index (χ2n) is 5.39. The first kappa shape index (κ1) is 13.3. The Labute approximate surface area is 114 Å². The first-order valence-electron chi connectivity index (χ1n) is 6.57. The highest BCUT2D eigenvalue weighted by Gasteiger charge is 2.48. The van der Waals surface area contributed by atoms with E-state index in [0.717, 1.165) is 5.56 Å². The van der Waals surface area contributed by atoms with Gasteiger partial charge in [0.25, 0.3) is 5.92 Å². The SMILES string of the molecule is O=C(O)N1CCc2ccc3c(c2CC1)C(O)C(F)(F)C3. The monoisotopic (exact) mass is 283 g/mol. The van der Waals surface area contributed by atoms with Crippen LogP contribution in [0.25, 0.3) is 0 Å². The second kappa shape index (κ2) is 4.41. The molecule has 1 atom stereocenters. The maximum absolute atomic E-state index is 13.7. The maximum atomic E-state index is 13.7. The number of halogens is 2. The van der Waals surface area contributed by atoms with Crippen molar-refractivity contribution in [2.24, 2.45) is 0 Å². The van der Waals surface area contributed by atoms with Gasteiger partial charge < -0.3 is 15.1 Å². The summed E-state index contributed by atoms with van der Waals surface area (Å²) in [7, 11) is 0. The van der Waals surface area contributed by atoms with E-state index >= 15 is 0 Å². The number of benzene rings is 1. The van der Waals surface area contributed by atoms with Gasteiger partial charge in [0.1, 0.15) is 6.10 Å². The molecule has 2 N–H and O–H groups in total. The third-order valence-electron chi connectivity index (χ3n) is 4.20. The number of carbonyl (C=O) groups is 1. The predicted octanol–water partition coefficient (Wildman–Crippen LogP) is 1.99. The number of fused-ring (bicyclic) bond motifs is 3. The summed E-state index contributed by atoms with van der Waals surface area (Å²) in [4.78, 5) is 12.3. The van der Waals surface area contributed by atoms with Crippen molar-refractivity contribution < 1.29 is 23.8 Å². The zero-order chi connectivity index (χ0) is 14.5. The highest BCUT2D eigenvalue weighted by molar-refractivity contribution is 5.65. The summed E-state index contributed by atoms with van der Waals surface area (Å²) in [5, 5.41) is 18.9. The minimum atomic E-state index is -3.13. The number of aliphatic hydroxyl groups is 1. The summed E-state index contributed by atoms with van der Waals surface area (Å²) in [6.45, 7) is 0.630. The van der Waals surface area contributed by atoms with Gasteiger partial charge in [0.05, 0.1) is 0 Å². The van der Waals surface area contributed by atoms with Crippen LogP contribution in [0, 0.1) is 0 Å². The number of amides is 1. The molecule has 20 heavy (non-hydrogen) atoms.